The van der Waals surface area contributed by atoms with Crippen LogP contribution >= 0.6 is 12.6 Å². The number of likely N-dealkylation sites (N-methyl/N-ethyl adjacent to an activating group) is 1. The molecule has 0 saturated heterocycles. The van der Waals surface area contributed by atoms with E-state index in [2.05, 4.69) is 23.3 Å². The normalized spacial score (nSPS) is 13.1. The van der Waals surface area contributed by atoms with Crippen LogP contribution in [-0.2, 0) is 35.4 Å². The molecule has 11 nitrogen and oxygen atoms in total. The monoisotopic (exact) mass is 614 g/mol. The minimum Gasteiger partial charge on any atom is -0.459 e. The number of hydrogen-bond acceptors (Lipinski definition) is 8. The van der Waals surface area contributed by atoms with E-state index >= 15 is 0 Å². The third kappa shape index (κ3) is 8.78. The number of hydrogen-bond donors (Lipinski definition) is 4. The van der Waals surface area contributed by atoms with Gasteiger partial charge in [-0.1, -0.05) is 55.1 Å². The molecule has 2 atom stereocenters. The number of amides is 3. The Kier molecular flexibility index (Phi) is 10.4. The molecule has 0 saturated carbocycles. The molecule has 0 heterocycles. The molecular formula is C29H34N4O7S2. The van der Waals surface area contributed by atoms with Gasteiger partial charge in [0.25, 0.3) is 11.1 Å². The maximum absolute atomic E-state index is 13.4. The second kappa shape index (κ2) is 13.4. The number of rotatable bonds is 10. The van der Waals surface area contributed by atoms with E-state index in [-0.39, 0.29) is 11.3 Å². The molecule has 42 heavy (non-hydrogen) atoms. The summed E-state index contributed by atoms with van der Waals surface area (Å²) in [7, 11) is -2.97. The van der Waals surface area contributed by atoms with Crippen LogP contribution in [0.3, 0.4) is 0 Å². The first kappa shape index (κ1) is 32.6. The Morgan fingerprint density at radius 2 is 1.60 bits per heavy atom. The fourth-order valence-corrected chi connectivity index (χ4v) is 5.40. The first-order valence-corrected chi connectivity index (χ1v) is 14.9. The molecule has 0 aromatic heterocycles. The summed E-state index contributed by atoms with van der Waals surface area (Å²) in [6.45, 7) is 4.66. The number of fused-ring (bicyclic) bond motifs is 1. The third-order valence-corrected chi connectivity index (χ3v) is 7.97. The first-order valence-electron chi connectivity index (χ1n) is 12.9. The molecule has 0 aliphatic rings. The third-order valence-electron chi connectivity index (χ3n) is 6.06. The Labute approximate surface area is 250 Å². The zero-order chi connectivity index (χ0) is 31.2. The van der Waals surface area contributed by atoms with E-state index in [1.54, 1.807) is 63.2 Å². The van der Waals surface area contributed by atoms with Crippen LogP contribution in [0.1, 0.15) is 26.3 Å². The molecule has 3 amide bonds. The molecular weight excluding hydrogens is 580 g/mol. The number of carbonyl (C=O) groups excluding carboxylic acids is 4. The van der Waals surface area contributed by atoms with Crippen molar-refractivity contribution in [1.29, 1.82) is 0 Å². The number of carbonyl (C=O) groups is 4. The van der Waals surface area contributed by atoms with Crippen LogP contribution in [0.4, 0.5) is 10.5 Å². The first-order chi connectivity index (χ1) is 19.6. The fourth-order valence-electron chi connectivity index (χ4n) is 4.08. The lowest BCUT2D eigenvalue weighted by Crippen LogP contribution is -2.55. The zero-order valence-electron chi connectivity index (χ0n) is 23.7. The summed E-state index contributed by atoms with van der Waals surface area (Å²) < 4.78 is 31.8. The van der Waals surface area contributed by atoms with E-state index < -0.39 is 56.4 Å². The summed E-state index contributed by atoms with van der Waals surface area (Å²) in [6.07, 6.45) is -0.0684. The number of nitrogens with two attached hydrogens (primary N) is 1. The van der Waals surface area contributed by atoms with Gasteiger partial charge in [0.1, 0.15) is 18.2 Å². The van der Waals surface area contributed by atoms with Gasteiger partial charge < -0.3 is 26.0 Å². The minimum atomic E-state index is -4.33. The Morgan fingerprint density at radius 3 is 2.19 bits per heavy atom. The van der Waals surface area contributed by atoms with Crippen LogP contribution in [0.15, 0.2) is 71.6 Å². The topological polar surface area (TPSA) is 165 Å². The highest BCUT2D eigenvalue weighted by atomic mass is 32.2. The lowest BCUT2D eigenvalue weighted by atomic mass is 10.0. The molecule has 0 fully saturated rings. The van der Waals surface area contributed by atoms with Crippen molar-refractivity contribution in [2.45, 2.75) is 49.1 Å². The van der Waals surface area contributed by atoms with E-state index in [0.29, 0.717) is 16.6 Å². The van der Waals surface area contributed by atoms with Gasteiger partial charge in [0.05, 0.1) is 4.90 Å². The van der Waals surface area contributed by atoms with E-state index in [4.69, 9.17) is 10.5 Å². The van der Waals surface area contributed by atoms with Crippen LogP contribution in [0.5, 0.6) is 0 Å². The van der Waals surface area contributed by atoms with Crippen LogP contribution < -0.4 is 16.4 Å². The Morgan fingerprint density at radius 1 is 0.976 bits per heavy atom. The second-order valence-corrected chi connectivity index (χ2v) is 13.1. The van der Waals surface area contributed by atoms with Crippen molar-refractivity contribution in [2.75, 3.05) is 18.9 Å². The molecule has 0 bridgehead atoms. The highest BCUT2D eigenvalue weighted by Gasteiger charge is 2.34. The maximum atomic E-state index is 13.4. The van der Waals surface area contributed by atoms with Gasteiger partial charge in [0.15, 0.2) is 5.37 Å². The molecule has 0 radical (unpaired) electrons. The van der Waals surface area contributed by atoms with Gasteiger partial charge in [-0.05, 0) is 61.4 Å². The molecule has 3 aromatic rings. The number of ether oxygens (including phenoxy) is 1. The quantitative estimate of drug-likeness (QED) is 0.200. The molecule has 3 aromatic carbocycles. The average molecular weight is 615 g/mol. The van der Waals surface area contributed by atoms with Crippen molar-refractivity contribution in [2.24, 2.45) is 5.73 Å². The highest BCUT2D eigenvalue weighted by Crippen LogP contribution is 2.21. The largest absolute Gasteiger partial charge is 0.459 e. The summed E-state index contributed by atoms with van der Waals surface area (Å²) in [6, 6.07) is 16.6. The predicted octanol–water partition coefficient (Wildman–Crippen LogP) is 2.89. The van der Waals surface area contributed by atoms with Crippen LogP contribution in [-0.4, -0.2) is 66.9 Å². The number of anilines is 1. The van der Waals surface area contributed by atoms with Crippen LogP contribution in [0.25, 0.3) is 10.8 Å². The standard InChI is InChI=1S/C29H34N4O7S2/c1-29(2,3)40-24(34)17-33(4)27(36)23(15-18-9-12-21(13-10-18)31-28(37)41)32-26(35)25(30)42(38,39)22-14-11-19-7-5-6-8-20(19)16-22/h5-14,16,23,25H,15,17,30H2,1-4H3,(H,32,35)(H2,31,37,41)/t23-,25?/m0/s1. The van der Waals surface area contributed by atoms with Crippen molar-refractivity contribution >= 4 is 61.9 Å². The fraction of sp³-hybridized carbons (Fsp3) is 0.310. The Balaban J connectivity index is 1.84. The maximum Gasteiger partial charge on any atom is 0.326 e. The summed E-state index contributed by atoms with van der Waals surface area (Å²) in [5.41, 5.74) is 6.21. The van der Waals surface area contributed by atoms with Gasteiger partial charge in [-0.2, -0.15) is 0 Å². The summed E-state index contributed by atoms with van der Waals surface area (Å²) >= 11 is 3.67. The number of thiol groups is 1. The lowest BCUT2D eigenvalue weighted by molar-refractivity contribution is -0.158. The molecule has 0 aliphatic heterocycles. The van der Waals surface area contributed by atoms with Gasteiger partial charge in [-0.25, -0.2) is 8.42 Å². The van der Waals surface area contributed by atoms with Crippen molar-refractivity contribution in [3.05, 3.63) is 72.3 Å². The minimum absolute atomic E-state index is 0.0684. The van der Waals surface area contributed by atoms with E-state index in [9.17, 15) is 27.6 Å². The summed E-state index contributed by atoms with van der Waals surface area (Å²) in [4.78, 5) is 51.1. The number of nitrogens with zero attached hydrogens (tertiary/aromatic N) is 1. The van der Waals surface area contributed by atoms with Gasteiger partial charge in [0, 0.05) is 19.2 Å². The Bertz CT molecular complexity index is 1590. The van der Waals surface area contributed by atoms with Crippen molar-refractivity contribution in [3.63, 3.8) is 0 Å². The molecule has 1 unspecified atom stereocenters. The molecule has 3 rings (SSSR count). The predicted molar refractivity (Wildman–Crippen MR) is 163 cm³/mol. The molecule has 0 spiro atoms. The van der Waals surface area contributed by atoms with Crippen molar-refractivity contribution in [1.82, 2.24) is 10.2 Å². The van der Waals surface area contributed by atoms with Crippen LogP contribution in [0, 0.1) is 0 Å². The number of nitrogens with one attached hydrogen (secondary N) is 2. The molecule has 4 N–H and O–H groups in total. The van der Waals surface area contributed by atoms with E-state index in [1.807, 2.05) is 12.1 Å². The van der Waals surface area contributed by atoms with Crippen molar-refractivity contribution < 1.29 is 32.3 Å². The van der Waals surface area contributed by atoms with Gasteiger partial charge in [-0.3, -0.25) is 19.2 Å². The van der Waals surface area contributed by atoms with Crippen LogP contribution in [0.2, 0.25) is 0 Å². The van der Waals surface area contributed by atoms with Crippen molar-refractivity contribution in [3.8, 4) is 0 Å². The number of benzene rings is 3. The summed E-state index contributed by atoms with van der Waals surface area (Å²) in [5, 5.41) is 3.85. The average Bonchev–Trinajstić information content (AvgIpc) is 2.91. The Hall–Kier alpha value is -3.94. The van der Waals surface area contributed by atoms with Gasteiger partial charge in [0.2, 0.25) is 15.7 Å². The second-order valence-electron chi connectivity index (χ2n) is 10.6. The zero-order valence-corrected chi connectivity index (χ0v) is 25.4. The smallest absolute Gasteiger partial charge is 0.326 e. The van der Waals surface area contributed by atoms with Gasteiger partial charge >= 0.3 is 5.97 Å². The molecule has 13 heteroatoms. The van der Waals surface area contributed by atoms with E-state index in [1.165, 1.54) is 19.2 Å². The molecule has 0 aliphatic carbocycles. The lowest BCUT2D eigenvalue weighted by Gasteiger charge is -2.27. The summed E-state index contributed by atoms with van der Waals surface area (Å²) in [5.74, 6) is -2.42. The van der Waals surface area contributed by atoms with E-state index in [0.717, 1.165) is 10.3 Å². The van der Waals surface area contributed by atoms with Gasteiger partial charge in [-0.15, -0.1) is 0 Å². The number of esters is 1. The molecule has 224 valence electrons. The SMILES string of the molecule is CN(CC(=O)OC(C)(C)C)C(=O)[C@H](Cc1ccc(NC(=O)S)cc1)NC(=O)C(N)S(=O)(=O)c1ccc2ccccc2c1. The highest BCUT2D eigenvalue weighted by molar-refractivity contribution is 7.96. The number of sulfone groups is 1.